The van der Waals surface area contributed by atoms with Crippen LogP contribution in [-0.2, 0) is 6.54 Å². The third-order valence-corrected chi connectivity index (χ3v) is 2.22. The van der Waals surface area contributed by atoms with Gasteiger partial charge in [-0.05, 0) is 26.0 Å². The van der Waals surface area contributed by atoms with Gasteiger partial charge in [0, 0.05) is 12.2 Å². The zero-order chi connectivity index (χ0) is 9.68. The van der Waals surface area contributed by atoms with Crippen molar-refractivity contribution in [2.24, 2.45) is 0 Å². The molecule has 0 spiro atoms. The maximum Gasteiger partial charge on any atom is 0.0562 e. The normalized spacial score (nSPS) is 13.2. The van der Waals surface area contributed by atoms with Crippen LogP contribution >= 0.6 is 0 Å². The molecule has 74 valence electrons. The van der Waals surface area contributed by atoms with Gasteiger partial charge in [0.25, 0.3) is 0 Å². The number of nitrogens with one attached hydrogen (secondary N) is 1. The molecular weight excluding hydrogens is 162 g/mol. The van der Waals surface area contributed by atoms with Gasteiger partial charge in [-0.1, -0.05) is 13.3 Å². The van der Waals surface area contributed by atoms with E-state index in [9.17, 15) is 0 Å². The molecule has 0 radical (unpaired) electrons. The lowest BCUT2D eigenvalue weighted by molar-refractivity contribution is 0.426. The summed E-state index contributed by atoms with van der Waals surface area (Å²) >= 11 is 0. The van der Waals surface area contributed by atoms with Crippen molar-refractivity contribution >= 4 is 0 Å². The van der Waals surface area contributed by atoms with Crippen LogP contribution in [0.4, 0.5) is 0 Å². The predicted molar refractivity (Wildman–Crippen MR) is 54.7 cm³/mol. The van der Waals surface area contributed by atoms with Crippen molar-refractivity contribution in [1.29, 1.82) is 0 Å². The van der Waals surface area contributed by atoms with Crippen molar-refractivity contribution in [3.63, 3.8) is 0 Å². The van der Waals surface area contributed by atoms with Gasteiger partial charge < -0.3 is 5.32 Å². The van der Waals surface area contributed by atoms with Gasteiger partial charge in [-0.3, -0.25) is 4.68 Å². The maximum atomic E-state index is 4.26. The quantitative estimate of drug-likeness (QED) is 0.747. The number of likely N-dealkylation sites (N-methyl/N-ethyl adjacent to an activating group) is 1. The summed E-state index contributed by atoms with van der Waals surface area (Å²) in [5.41, 5.74) is 1.23. The summed E-state index contributed by atoms with van der Waals surface area (Å²) < 4.78 is 2.01. The van der Waals surface area contributed by atoms with Crippen LogP contribution < -0.4 is 5.32 Å². The lowest BCUT2D eigenvalue weighted by atomic mass is 10.2. The van der Waals surface area contributed by atoms with Crippen molar-refractivity contribution in [3.05, 3.63) is 18.0 Å². The molecule has 1 rings (SSSR count). The van der Waals surface area contributed by atoms with Crippen molar-refractivity contribution in [2.45, 2.75) is 39.3 Å². The van der Waals surface area contributed by atoms with Gasteiger partial charge in [0.15, 0.2) is 0 Å². The van der Waals surface area contributed by atoms with E-state index in [1.165, 1.54) is 18.4 Å². The highest BCUT2D eigenvalue weighted by molar-refractivity contribution is 4.99. The Morgan fingerprint density at radius 3 is 2.85 bits per heavy atom. The first kappa shape index (κ1) is 10.3. The Kier molecular flexibility index (Phi) is 3.96. The van der Waals surface area contributed by atoms with Crippen LogP contribution in [0, 0.1) is 6.92 Å². The van der Waals surface area contributed by atoms with Crippen LogP contribution in [0.2, 0.25) is 0 Å². The Hall–Kier alpha value is -0.830. The molecule has 1 aromatic rings. The van der Waals surface area contributed by atoms with Gasteiger partial charge in [0.05, 0.1) is 12.7 Å². The molecule has 1 aromatic heterocycles. The molecule has 0 saturated heterocycles. The summed E-state index contributed by atoms with van der Waals surface area (Å²) in [7, 11) is 2.01. The molecule has 3 nitrogen and oxygen atoms in total. The molecule has 1 N–H and O–H groups in total. The minimum Gasteiger partial charge on any atom is -0.315 e. The van der Waals surface area contributed by atoms with Crippen LogP contribution in [0.5, 0.6) is 0 Å². The third kappa shape index (κ3) is 3.19. The molecule has 0 aliphatic rings. The molecule has 0 saturated carbocycles. The highest BCUT2D eigenvalue weighted by atomic mass is 15.3. The first-order valence-electron chi connectivity index (χ1n) is 4.92. The van der Waals surface area contributed by atoms with E-state index in [-0.39, 0.29) is 0 Å². The van der Waals surface area contributed by atoms with E-state index in [0.717, 1.165) is 6.54 Å². The van der Waals surface area contributed by atoms with E-state index in [4.69, 9.17) is 0 Å². The Balaban J connectivity index is 2.46. The molecule has 0 aliphatic heterocycles. The molecule has 0 bridgehead atoms. The summed E-state index contributed by atoms with van der Waals surface area (Å²) in [6.07, 6.45) is 6.40. The Morgan fingerprint density at radius 1 is 1.62 bits per heavy atom. The molecule has 0 aromatic carbocycles. The second-order valence-corrected chi connectivity index (χ2v) is 3.51. The van der Waals surface area contributed by atoms with Gasteiger partial charge >= 0.3 is 0 Å². The fraction of sp³-hybridized carbons (Fsp3) is 0.700. The standard InChI is InChI=1S/C10H19N3/c1-4-5-10(11-3)8-13-7-9(2)6-12-13/h6-7,10-11H,4-5,8H2,1-3H3. The summed E-state index contributed by atoms with van der Waals surface area (Å²) in [6, 6.07) is 0.546. The molecule has 0 amide bonds. The minimum atomic E-state index is 0.546. The van der Waals surface area contributed by atoms with E-state index >= 15 is 0 Å². The fourth-order valence-corrected chi connectivity index (χ4v) is 1.47. The van der Waals surface area contributed by atoms with E-state index in [1.807, 2.05) is 17.9 Å². The van der Waals surface area contributed by atoms with Crippen LogP contribution in [0.15, 0.2) is 12.4 Å². The number of nitrogens with zero attached hydrogens (tertiary/aromatic N) is 2. The third-order valence-electron chi connectivity index (χ3n) is 2.22. The van der Waals surface area contributed by atoms with E-state index < -0.39 is 0 Å². The predicted octanol–water partition coefficient (Wildman–Crippen LogP) is 1.58. The lowest BCUT2D eigenvalue weighted by Gasteiger charge is -2.14. The zero-order valence-electron chi connectivity index (χ0n) is 8.75. The molecule has 1 heterocycles. The topological polar surface area (TPSA) is 29.9 Å². The second-order valence-electron chi connectivity index (χ2n) is 3.51. The fourth-order valence-electron chi connectivity index (χ4n) is 1.47. The number of hydrogen-bond donors (Lipinski definition) is 1. The Bertz CT molecular complexity index is 242. The summed E-state index contributed by atoms with van der Waals surface area (Å²) in [5.74, 6) is 0. The zero-order valence-corrected chi connectivity index (χ0v) is 8.75. The number of hydrogen-bond acceptors (Lipinski definition) is 2. The highest BCUT2D eigenvalue weighted by Crippen LogP contribution is 2.01. The van der Waals surface area contributed by atoms with Crippen molar-refractivity contribution in [3.8, 4) is 0 Å². The molecule has 0 aliphatic carbocycles. The van der Waals surface area contributed by atoms with Gasteiger partial charge in [-0.25, -0.2) is 0 Å². The van der Waals surface area contributed by atoms with Crippen LogP contribution in [0.25, 0.3) is 0 Å². The summed E-state index contributed by atoms with van der Waals surface area (Å²) in [6.45, 7) is 5.24. The number of aryl methyl sites for hydroxylation is 1. The SMILES string of the molecule is CCCC(Cn1cc(C)cn1)NC. The van der Waals surface area contributed by atoms with Gasteiger partial charge in [0.2, 0.25) is 0 Å². The maximum absolute atomic E-state index is 4.26. The average Bonchev–Trinajstić information content (AvgIpc) is 2.50. The van der Waals surface area contributed by atoms with Gasteiger partial charge in [0.1, 0.15) is 0 Å². The Labute approximate surface area is 80.1 Å². The smallest absolute Gasteiger partial charge is 0.0562 e. The molecule has 1 unspecified atom stereocenters. The van der Waals surface area contributed by atoms with Crippen molar-refractivity contribution < 1.29 is 0 Å². The molecule has 0 fully saturated rings. The van der Waals surface area contributed by atoms with Crippen molar-refractivity contribution in [2.75, 3.05) is 7.05 Å². The monoisotopic (exact) mass is 181 g/mol. The summed E-state index contributed by atoms with van der Waals surface area (Å²) in [4.78, 5) is 0. The number of rotatable bonds is 5. The largest absolute Gasteiger partial charge is 0.315 e. The first-order chi connectivity index (χ1) is 6.26. The minimum absolute atomic E-state index is 0.546. The molecular formula is C10H19N3. The molecule has 3 heteroatoms. The van der Waals surface area contributed by atoms with E-state index in [0.29, 0.717) is 6.04 Å². The van der Waals surface area contributed by atoms with Gasteiger partial charge in [-0.2, -0.15) is 5.10 Å². The number of aromatic nitrogens is 2. The van der Waals surface area contributed by atoms with Gasteiger partial charge in [-0.15, -0.1) is 0 Å². The van der Waals surface area contributed by atoms with Crippen LogP contribution in [0.3, 0.4) is 0 Å². The van der Waals surface area contributed by atoms with Crippen molar-refractivity contribution in [1.82, 2.24) is 15.1 Å². The average molecular weight is 181 g/mol. The van der Waals surface area contributed by atoms with Crippen LogP contribution in [0.1, 0.15) is 25.3 Å². The van der Waals surface area contributed by atoms with E-state index in [1.54, 1.807) is 0 Å². The van der Waals surface area contributed by atoms with Crippen LogP contribution in [-0.4, -0.2) is 22.9 Å². The molecule has 13 heavy (non-hydrogen) atoms. The summed E-state index contributed by atoms with van der Waals surface area (Å²) in [5, 5.41) is 7.56. The second kappa shape index (κ2) is 5.02. The first-order valence-corrected chi connectivity index (χ1v) is 4.92. The molecule has 1 atom stereocenters. The lowest BCUT2D eigenvalue weighted by Crippen LogP contribution is -2.30. The Morgan fingerprint density at radius 2 is 2.38 bits per heavy atom. The highest BCUT2D eigenvalue weighted by Gasteiger charge is 2.05. The van der Waals surface area contributed by atoms with E-state index in [2.05, 4.69) is 30.5 Å².